The molecule has 2 saturated carbocycles. The number of aliphatic hydroxyl groups is 2. The summed E-state index contributed by atoms with van der Waals surface area (Å²) in [6.45, 7) is 3.81. The number of rotatable bonds is 8. The van der Waals surface area contributed by atoms with Crippen LogP contribution in [0.5, 0.6) is 0 Å². The molecule has 0 aliphatic heterocycles. The lowest BCUT2D eigenvalue weighted by Gasteiger charge is -2.19. The highest BCUT2D eigenvalue weighted by Gasteiger charge is 2.44. The first-order chi connectivity index (χ1) is 13.0. The van der Waals surface area contributed by atoms with Crippen molar-refractivity contribution < 1.29 is 19.7 Å². The molecule has 2 rings (SSSR count). The van der Waals surface area contributed by atoms with E-state index in [1.807, 2.05) is 26.0 Å². The summed E-state index contributed by atoms with van der Waals surface area (Å²) >= 11 is 0. The number of ether oxygens (including phenoxy) is 1. The van der Waals surface area contributed by atoms with Crippen LogP contribution in [0.2, 0.25) is 0 Å². The van der Waals surface area contributed by atoms with Gasteiger partial charge in [0.15, 0.2) is 0 Å². The minimum absolute atomic E-state index is 0.0943. The Bertz CT molecular complexity index is 610. The van der Waals surface area contributed by atoms with E-state index < -0.39 is 6.10 Å². The highest BCUT2D eigenvalue weighted by molar-refractivity contribution is 5.69. The van der Waals surface area contributed by atoms with Gasteiger partial charge in [-0.25, -0.2) is 0 Å². The fraction of sp³-hybridized carbons (Fsp3) is 0.696. The molecule has 150 valence electrons. The standard InChI is InChI=1S/C23H34O4/c1-4-5-8-16(2)21(24)12-11-19-20-14-17(13-18(20)15-22(19)25)9-6-7-10-23(26)27-3/h9,11-12,16,18-22,24-25H,6-8,10,13-15H2,1-3H3/b12-11+,17-9+/t16-,18?,19?,20+,21-,22-/m1/s1. The van der Waals surface area contributed by atoms with Gasteiger partial charge in [-0.1, -0.05) is 30.7 Å². The lowest BCUT2D eigenvalue weighted by atomic mass is 9.89. The largest absolute Gasteiger partial charge is 0.469 e. The van der Waals surface area contributed by atoms with Crippen molar-refractivity contribution >= 4 is 5.97 Å². The normalized spacial score (nSPS) is 30.8. The van der Waals surface area contributed by atoms with Crippen molar-refractivity contribution in [1.82, 2.24) is 0 Å². The Morgan fingerprint density at radius 1 is 1.41 bits per heavy atom. The minimum atomic E-state index is -0.521. The first-order valence-electron chi connectivity index (χ1n) is 10.1. The SMILES string of the molecule is CC#CC[C@@H](C)[C@H](O)/C=C/C1[C@H]2C/C(=C/CCCC(=O)OC)CC2C[C@H]1O. The van der Waals surface area contributed by atoms with Crippen molar-refractivity contribution in [2.45, 2.75) is 71.0 Å². The summed E-state index contributed by atoms with van der Waals surface area (Å²) in [6.07, 6.45) is 11.1. The van der Waals surface area contributed by atoms with E-state index in [1.54, 1.807) is 0 Å². The Balaban J connectivity index is 1.87. The summed E-state index contributed by atoms with van der Waals surface area (Å²) in [5.41, 5.74) is 1.45. The molecule has 4 nitrogen and oxygen atoms in total. The summed E-state index contributed by atoms with van der Waals surface area (Å²) < 4.78 is 4.67. The van der Waals surface area contributed by atoms with Gasteiger partial charge >= 0.3 is 5.97 Å². The molecule has 27 heavy (non-hydrogen) atoms. The van der Waals surface area contributed by atoms with Gasteiger partial charge in [0.1, 0.15) is 0 Å². The summed E-state index contributed by atoms with van der Waals surface area (Å²) in [4.78, 5) is 11.2. The zero-order valence-corrected chi connectivity index (χ0v) is 16.9. The molecule has 4 heteroatoms. The van der Waals surface area contributed by atoms with Crippen molar-refractivity contribution in [2.24, 2.45) is 23.7 Å². The molecule has 2 N–H and O–H groups in total. The molecule has 2 fully saturated rings. The second-order valence-electron chi connectivity index (χ2n) is 8.03. The predicted octanol–water partition coefficient (Wildman–Crippen LogP) is 3.63. The van der Waals surface area contributed by atoms with E-state index in [4.69, 9.17) is 0 Å². The number of methoxy groups -OCH3 is 1. The highest BCUT2D eigenvalue weighted by Crippen LogP contribution is 2.50. The van der Waals surface area contributed by atoms with Crippen LogP contribution < -0.4 is 0 Å². The second-order valence-corrected chi connectivity index (χ2v) is 8.03. The van der Waals surface area contributed by atoms with Crippen LogP contribution in [0.4, 0.5) is 0 Å². The molecule has 0 heterocycles. The number of fused-ring (bicyclic) bond motifs is 1. The molecule has 0 aromatic rings. The Kier molecular flexibility index (Phi) is 8.60. The predicted molar refractivity (Wildman–Crippen MR) is 107 cm³/mol. The van der Waals surface area contributed by atoms with E-state index in [2.05, 4.69) is 22.7 Å². The van der Waals surface area contributed by atoms with Gasteiger partial charge in [0.25, 0.3) is 0 Å². The topological polar surface area (TPSA) is 66.8 Å². The van der Waals surface area contributed by atoms with Gasteiger partial charge in [0.05, 0.1) is 19.3 Å². The highest BCUT2D eigenvalue weighted by atomic mass is 16.5. The van der Waals surface area contributed by atoms with Crippen LogP contribution in [0.1, 0.15) is 58.8 Å². The first-order valence-corrected chi connectivity index (χ1v) is 10.1. The smallest absolute Gasteiger partial charge is 0.305 e. The summed E-state index contributed by atoms with van der Waals surface area (Å²) in [7, 11) is 1.42. The van der Waals surface area contributed by atoms with Gasteiger partial charge in [-0.3, -0.25) is 4.79 Å². The maximum atomic E-state index is 11.2. The zero-order chi connectivity index (χ0) is 19.8. The van der Waals surface area contributed by atoms with E-state index in [0.29, 0.717) is 24.7 Å². The van der Waals surface area contributed by atoms with Crippen LogP contribution in [-0.2, 0) is 9.53 Å². The quantitative estimate of drug-likeness (QED) is 0.295. The number of carbonyl (C=O) groups is 1. The monoisotopic (exact) mass is 374 g/mol. The van der Waals surface area contributed by atoms with Crippen LogP contribution >= 0.6 is 0 Å². The molecule has 0 spiro atoms. The van der Waals surface area contributed by atoms with Gasteiger partial charge in [0.2, 0.25) is 0 Å². The number of allylic oxidation sites excluding steroid dienone is 2. The van der Waals surface area contributed by atoms with Crippen LogP contribution in [0, 0.1) is 35.5 Å². The van der Waals surface area contributed by atoms with Crippen LogP contribution in [0.25, 0.3) is 0 Å². The van der Waals surface area contributed by atoms with Gasteiger partial charge < -0.3 is 14.9 Å². The molecule has 2 aliphatic carbocycles. The van der Waals surface area contributed by atoms with Crippen LogP contribution in [0.3, 0.4) is 0 Å². The maximum absolute atomic E-state index is 11.2. The molecule has 0 radical (unpaired) electrons. The molecule has 6 atom stereocenters. The molecule has 0 amide bonds. The van der Waals surface area contributed by atoms with Crippen molar-refractivity contribution in [2.75, 3.05) is 7.11 Å². The average molecular weight is 375 g/mol. The number of hydrogen-bond donors (Lipinski definition) is 2. The van der Waals surface area contributed by atoms with Gasteiger partial charge in [-0.2, -0.15) is 0 Å². The fourth-order valence-corrected chi connectivity index (χ4v) is 4.41. The van der Waals surface area contributed by atoms with Crippen molar-refractivity contribution in [3.8, 4) is 11.8 Å². The minimum Gasteiger partial charge on any atom is -0.469 e. The van der Waals surface area contributed by atoms with E-state index >= 15 is 0 Å². The fourth-order valence-electron chi connectivity index (χ4n) is 4.41. The Morgan fingerprint density at radius 3 is 2.89 bits per heavy atom. The zero-order valence-electron chi connectivity index (χ0n) is 16.9. The number of esters is 1. The third-order valence-electron chi connectivity index (χ3n) is 6.07. The molecule has 0 aromatic carbocycles. The summed E-state index contributed by atoms with van der Waals surface area (Å²) in [5.74, 6) is 6.93. The van der Waals surface area contributed by atoms with Gasteiger partial charge in [0, 0.05) is 18.8 Å². The lowest BCUT2D eigenvalue weighted by Crippen LogP contribution is -2.19. The molecule has 2 unspecified atom stereocenters. The summed E-state index contributed by atoms with van der Waals surface area (Å²) in [6, 6.07) is 0. The van der Waals surface area contributed by atoms with Crippen molar-refractivity contribution in [3.63, 3.8) is 0 Å². The molecule has 0 aromatic heterocycles. The maximum Gasteiger partial charge on any atom is 0.305 e. The molecule has 2 aliphatic rings. The van der Waals surface area contributed by atoms with E-state index in [9.17, 15) is 15.0 Å². The van der Waals surface area contributed by atoms with Crippen molar-refractivity contribution in [1.29, 1.82) is 0 Å². The Hall–Kier alpha value is -1.57. The van der Waals surface area contributed by atoms with Gasteiger partial charge in [-0.05, 0) is 56.8 Å². The number of aliphatic hydroxyl groups excluding tert-OH is 2. The Labute approximate surface area is 163 Å². The molecular formula is C23H34O4. The van der Waals surface area contributed by atoms with E-state index in [-0.39, 0.29) is 23.9 Å². The van der Waals surface area contributed by atoms with Crippen LogP contribution in [0.15, 0.2) is 23.8 Å². The second kappa shape index (κ2) is 10.7. The Morgan fingerprint density at radius 2 is 2.19 bits per heavy atom. The van der Waals surface area contributed by atoms with Crippen LogP contribution in [-0.4, -0.2) is 35.5 Å². The first kappa shape index (κ1) is 21.7. The third kappa shape index (κ3) is 6.23. The third-order valence-corrected chi connectivity index (χ3v) is 6.07. The molecular weight excluding hydrogens is 340 g/mol. The van der Waals surface area contributed by atoms with E-state index in [0.717, 1.165) is 32.1 Å². The average Bonchev–Trinajstić information content (AvgIpc) is 3.17. The molecule has 0 saturated heterocycles. The van der Waals surface area contributed by atoms with Crippen molar-refractivity contribution in [3.05, 3.63) is 23.8 Å². The van der Waals surface area contributed by atoms with E-state index in [1.165, 1.54) is 12.7 Å². The summed E-state index contributed by atoms with van der Waals surface area (Å²) in [5, 5.41) is 20.8. The number of carbonyl (C=O) groups excluding carboxylic acids is 1. The van der Waals surface area contributed by atoms with Gasteiger partial charge in [-0.15, -0.1) is 11.8 Å². The number of unbranched alkanes of at least 4 members (excludes halogenated alkanes) is 1. The number of hydrogen-bond acceptors (Lipinski definition) is 4. The molecule has 0 bridgehead atoms. The lowest BCUT2D eigenvalue weighted by molar-refractivity contribution is -0.140.